The van der Waals surface area contributed by atoms with Gasteiger partial charge in [0.25, 0.3) is 0 Å². The van der Waals surface area contributed by atoms with Gasteiger partial charge in [-0.2, -0.15) is 13.2 Å². The number of rotatable bonds is 3. The fourth-order valence-corrected chi connectivity index (χ4v) is 2.48. The second-order valence-corrected chi connectivity index (χ2v) is 5.35. The lowest BCUT2D eigenvalue weighted by Gasteiger charge is -2.26. The van der Waals surface area contributed by atoms with E-state index in [1.807, 2.05) is 0 Å². The summed E-state index contributed by atoms with van der Waals surface area (Å²) in [5.41, 5.74) is 5.80. The van der Waals surface area contributed by atoms with Gasteiger partial charge in [0.1, 0.15) is 0 Å². The highest BCUT2D eigenvalue weighted by Gasteiger charge is 2.36. The first-order valence-corrected chi connectivity index (χ1v) is 6.74. The summed E-state index contributed by atoms with van der Waals surface area (Å²) in [6, 6.07) is -0.794. The lowest BCUT2D eigenvalue weighted by molar-refractivity contribution is -0.138. The Morgan fingerprint density at radius 3 is 2.52 bits per heavy atom. The average molecular weight is 347 g/mol. The van der Waals surface area contributed by atoms with Crippen molar-refractivity contribution >= 4 is 34.8 Å². The first-order valence-electron chi connectivity index (χ1n) is 5.93. The van der Waals surface area contributed by atoms with Crippen LogP contribution in [0.1, 0.15) is 17.8 Å². The summed E-state index contributed by atoms with van der Waals surface area (Å²) in [6.45, 7) is 1.06. The Hall–Kier alpha value is -0.970. The summed E-state index contributed by atoms with van der Waals surface area (Å²) in [4.78, 5) is 11.9. The Morgan fingerprint density at radius 1 is 1.38 bits per heavy atom. The number of aromatic nitrogens is 2. The first-order chi connectivity index (χ1) is 9.38. The average Bonchev–Trinajstić information content (AvgIpc) is 2.87. The monoisotopic (exact) mass is 346 g/mol. The van der Waals surface area contributed by atoms with Gasteiger partial charge < -0.3 is 10.5 Å². The van der Waals surface area contributed by atoms with Crippen LogP contribution >= 0.6 is 23.7 Å². The number of anilines is 1. The van der Waals surface area contributed by atoms with E-state index in [-0.39, 0.29) is 34.8 Å². The van der Waals surface area contributed by atoms with Crippen molar-refractivity contribution in [1.82, 2.24) is 10.2 Å². The number of amides is 1. The predicted molar refractivity (Wildman–Crippen MR) is 72.3 cm³/mol. The molecule has 0 aliphatic carbocycles. The molecule has 2 rings (SSSR count). The van der Waals surface area contributed by atoms with E-state index in [0.29, 0.717) is 26.1 Å². The lowest BCUT2D eigenvalue weighted by Crippen LogP contribution is -2.43. The highest BCUT2D eigenvalue weighted by atomic mass is 35.5. The molecule has 0 radical (unpaired) electrons. The topological polar surface area (TPSA) is 90.1 Å². The van der Waals surface area contributed by atoms with Crippen LogP contribution < -0.4 is 11.1 Å². The van der Waals surface area contributed by atoms with E-state index in [0.717, 1.165) is 0 Å². The summed E-state index contributed by atoms with van der Waals surface area (Å²) >= 11 is 0.273. The molecule has 1 aliphatic rings. The number of hydrogen-bond donors (Lipinski definition) is 2. The van der Waals surface area contributed by atoms with Crippen molar-refractivity contribution in [2.24, 2.45) is 11.7 Å². The zero-order chi connectivity index (χ0) is 14.8. The van der Waals surface area contributed by atoms with E-state index in [9.17, 15) is 18.0 Å². The minimum Gasteiger partial charge on any atom is -0.381 e. The third kappa shape index (κ3) is 4.77. The normalized spacial score (nSPS) is 17.9. The van der Waals surface area contributed by atoms with Crippen molar-refractivity contribution in [1.29, 1.82) is 0 Å². The van der Waals surface area contributed by atoms with Crippen LogP contribution in [0.4, 0.5) is 18.3 Å². The summed E-state index contributed by atoms with van der Waals surface area (Å²) in [7, 11) is 0. The summed E-state index contributed by atoms with van der Waals surface area (Å²) in [6.07, 6.45) is -3.26. The van der Waals surface area contributed by atoms with Crippen LogP contribution in [0.3, 0.4) is 0 Å². The van der Waals surface area contributed by atoms with Crippen LogP contribution in [-0.2, 0) is 15.7 Å². The van der Waals surface area contributed by atoms with Crippen molar-refractivity contribution < 1.29 is 22.7 Å². The Balaban J connectivity index is 0.00000220. The fraction of sp³-hybridized carbons (Fsp3) is 0.700. The quantitative estimate of drug-likeness (QED) is 0.869. The van der Waals surface area contributed by atoms with Crippen molar-refractivity contribution in [2.45, 2.75) is 25.1 Å². The summed E-state index contributed by atoms with van der Waals surface area (Å²) < 4.78 is 42.2. The molecule has 120 valence electrons. The molecule has 11 heteroatoms. The van der Waals surface area contributed by atoms with Crippen molar-refractivity contribution in [2.75, 3.05) is 18.5 Å². The third-order valence-electron chi connectivity index (χ3n) is 2.97. The third-order valence-corrected chi connectivity index (χ3v) is 3.86. The molecule has 6 nitrogen and oxygen atoms in total. The Labute approximate surface area is 128 Å². The number of hydrogen-bond acceptors (Lipinski definition) is 6. The van der Waals surface area contributed by atoms with Crippen LogP contribution in [0.5, 0.6) is 0 Å². The minimum atomic E-state index is -4.57. The van der Waals surface area contributed by atoms with Gasteiger partial charge in [-0.25, -0.2) is 0 Å². The molecule has 1 atom stereocenters. The van der Waals surface area contributed by atoms with Gasteiger partial charge in [0.15, 0.2) is 0 Å². The molecular formula is C10H14ClF3N4O2S. The highest BCUT2D eigenvalue weighted by Crippen LogP contribution is 2.33. The molecule has 2 heterocycles. The molecule has 1 saturated heterocycles. The molecule has 21 heavy (non-hydrogen) atoms. The lowest BCUT2D eigenvalue weighted by atomic mass is 9.92. The molecule has 3 N–H and O–H groups in total. The van der Waals surface area contributed by atoms with Gasteiger partial charge in [-0.15, -0.1) is 22.6 Å². The molecule has 0 saturated carbocycles. The zero-order valence-corrected chi connectivity index (χ0v) is 12.4. The van der Waals surface area contributed by atoms with Gasteiger partial charge in [0, 0.05) is 13.2 Å². The van der Waals surface area contributed by atoms with E-state index >= 15 is 0 Å². The van der Waals surface area contributed by atoms with E-state index < -0.39 is 23.1 Å². The van der Waals surface area contributed by atoms with Gasteiger partial charge in [-0.3, -0.25) is 10.1 Å². The van der Waals surface area contributed by atoms with Gasteiger partial charge >= 0.3 is 6.18 Å². The van der Waals surface area contributed by atoms with Crippen molar-refractivity contribution in [3.05, 3.63) is 5.01 Å². The Kier molecular flexibility index (Phi) is 6.32. The molecule has 0 spiro atoms. The number of carbonyl (C=O) groups excluding carboxylic acids is 1. The van der Waals surface area contributed by atoms with Crippen molar-refractivity contribution in [3.63, 3.8) is 0 Å². The molecule has 1 fully saturated rings. The Morgan fingerprint density at radius 2 is 2.00 bits per heavy atom. The van der Waals surface area contributed by atoms with Gasteiger partial charge in [-0.1, -0.05) is 11.3 Å². The summed E-state index contributed by atoms with van der Waals surface area (Å²) in [5.74, 6) is -0.597. The van der Waals surface area contributed by atoms with Gasteiger partial charge in [0.2, 0.25) is 16.0 Å². The molecule has 1 amide bonds. The predicted octanol–water partition coefficient (Wildman–Crippen LogP) is 1.67. The number of halogens is 4. The maximum atomic E-state index is 12.3. The molecular weight excluding hydrogens is 333 g/mol. The molecule has 0 bridgehead atoms. The van der Waals surface area contributed by atoms with Crippen LogP contribution in [0, 0.1) is 5.92 Å². The van der Waals surface area contributed by atoms with E-state index in [1.54, 1.807) is 0 Å². The number of alkyl halides is 3. The number of nitrogens with zero attached hydrogens (tertiary/aromatic N) is 2. The maximum absolute atomic E-state index is 12.3. The Bertz CT molecular complexity index is 479. The molecule has 0 aromatic carbocycles. The van der Waals surface area contributed by atoms with Crippen molar-refractivity contribution in [3.8, 4) is 0 Å². The maximum Gasteiger partial charge on any atom is 0.445 e. The minimum absolute atomic E-state index is 0. The van der Waals surface area contributed by atoms with Crippen LogP contribution in [0.2, 0.25) is 0 Å². The standard InChI is InChI=1S/C10H13F3N4O2S.ClH/c11-10(12,13)8-16-17-9(20-8)15-7(18)6(14)5-1-3-19-4-2-5;/h5-6H,1-4,14H2,(H,15,17,18);1H. The second-order valence-electron chi connectivity index (χ2n) is 4.37. The van der Waals surface area contributed by atoms with Gasteiger partial charge in [-0.05, 0) is 18.8 Å². The van der Waals surface area contributed by atoms with Crippen LogP contribution in [0.15, 0.2) is 0 Å². The number of carbonyl (C=O) groups is 1. The molecule has 1 aromatic rings. The van der Waals surface area contributed by atoms with Crippen LogP contribution in [-0.4, -0.2) is 35.4 Å². The smallest absolute Gasteiger partial charge is 0.381 e. The summed E-state index contributed by atoms with van der Waals surface area (Å²) in [5, 5.41) is 7.23. The van der Waals surface area contributed by atoms with E-state index in [2.05, 4.69) is 15.5 Å². The number of nitrogens with two attached hydrogens (primary N) is 1. The molecule has 1 aliphatic heterocycles. The fourth-order valence-electron chi connectivity index (χ4n) is 1.87. The largest absolute Gasteiger partial charge is 0.445 e. The molecule has 1 aromatic heterocycles. The zero-order valence-electron chi connectivity index (χ0n) is 10.7. The van der Waals surface area contributed by atoms with E-state index in [4.69, 9.17) is 10.5 Å². The highest BCUT2D eigenvalue weighted by molar-refractivity contribution is 7.15. The van der Waals surface area contributed by atoms with E-state index in [1.165, 1.54) is 0 Å². The SMILES string of the molecule is Cl.NC(C(=O)Nc1nnc(C(F)(F)F)s1)C1CCOCC1. The number of ether oxygens (including phenoxy) is 1. The number of nitrogens with one attached hydrogen (secondary N) is 1. The van der Waals surface area contributed by atoms with Crippen LogP contribution in [0.25, 0.3) is 0 Å². The molecule has 1 unspecified atom stereocenters. The second kappa shape index (κ2) is 7.34. The van der Waals surface area contributed by atoms with Gasteiger partial charge in [0.05, 0.1) is 6.04 Å². The first kappa shape index (κ1) is 18.1.